The van der Waals surface area contributed by atoms with Crippen LogP contribution in [0.15, 0.2) is 18.2 Å². The van der Waals surface area contributed by atoms with Crippen LogP contribution in [0.4, 0.5) is 0 Å². The lowest BCUT2D eigenvalue weighted by molar-refractivity contribution is -0.118. The molecule has 0 unspecified atom stereocenters. The molecule has 0 spiro atoms. The van der Waals surface area contributed by atoms with Gasteiger partial charge in [-0.15, -0.1) is 0 Å². The van der Waals surface area contributed by atoms with Crippen LogP contribution in [0.25, 0.3) is 0 Å². The van der Waals surface area contributed by atoms with Crippen LogP contribution >= 0.6 is 0 Å². The number of aromatic amines is 1. The fraction of sp³-hybridized carbons (Fsp3) is 0.400. The fourth-order valence-electron chi connectivity index (χ4n) is 2.06. The Hall–Kier alpha value is -2.57. The van der Waals surface area contributed by atoms with Crippen LogP contribution in [0, 0.1) is 0 Å². The molecule has 2 rings (SSSR count). The number of rotatable bonds is 7. The average molecular weight is 304 g/mol. The van der Waals surface area contributed by atoms with Gasteiger partial charge >= 0.3 is 0 Å². The number of amides is 1. The number of hydrogen-bond acceptors (Lipinski definition) is 5. The Balaban J connectivity index is 1.99. The van der Waals surface area contributed by atoms with Gasteiger partial charge in [-0.05, 0) is 17.7 Å². The van der Waals surface area contributed by atoms with Crippen molar-refractivity contribution in [2.45, 2.75) is 19.8 Å². The molecule has 0 saturated heterocycles. The lowest BCUT2D eigenvalue weighted by atomic mass is 10.1. The highest BCUT2D eigenvalue weighted by atomic mass is 16.5. The zero-order valence-corrected chi connectivity index (χ0v) is 13.0. The Morgan fingerprint density at radius 1 is 1.27 bits per heavy atom. The van der Waals surface area contributed by atoms with E-state index in [0.29, 0.717) is 36.7 Å². The summed E-state index contributed by atoms with van der Waals surface area (Å²) in [6, 6.07) is 5.74. The smallest absolute Gasteiger partial charge is 0.216 e. The number of carbonyl (C=O) groups excluding carboxylic acids is 1. The molecule has 0 atom stereocenters. The summed E-state index contributed by atoms with van der Waals surface area (Å²) in [7, 11) is 3.21. The van der Waals surface area contributed by atoms with Gasteiger partial charge in [-0.2, -0.15) is 5.10 Å². The van der Waals surface area contributed by atoms with E-state index in [9.17, 15) is 4.79 Å². The predicted octanol–water partition coefficient (Wildman–Crippen LogP) is 1.09. The van der Waals surface area contributed by atoms with Gasteiger partial charge in [0.15, 0.2) is 17.3 Å². The molecule has 0 aliphatic carbocycles. The maximum atomic E-state index is 10.8. The summed E-state index contributed by atoms with van der Waals surface area (Å²) >= 11 is 0. The van der Waals surface area contributed by atoms with Crippen molar-refractivity contribution < 1.29 is 14.3 Å². The molecule has 0 bridgehead atoms. The van der Waals surface area contributed by atoms with E-state index in [2.05, 4.69) is 20.5 Å². The van der Waals surface area contributed by atoms with Crippen LogP contribution < -0.4 is 14.8 Å². The van der Waals surface area contributed by atoms with Crippen molar-refractivity contribution in [1.29, 1.82) is 0 Å². The number of carbonyl (C=O) groups is 1. The Morgan fingerprint density at radius 2 is 2.05 bits per heavy atom. The Kier molecular flexibility index (Phi) is 5.35. The molecular weight excluding hydrogens is 284 g/mol. The molecule has 1 aromatic carbocycles. The van der Waals surface area contributed by atoms with Gasteiger partial charge in [0.25, 0.3) is 0 Å². The van der Waals surface area contributed by atoms with Crippen LogP contribution in [0.5, 0.6) is 11.5 Å². The van der Waals surface area contributed by atoms with E-state index in [0.717, 1.165) is 11.4 Å². The molecule has 0 aliphatic rings. The van der Waals surface area contributed by atoms with Crippen LogP contribution in [-0.4, -0.2) is 41.9 Å². The lowest BCUT2D eigenvalue weighted by Crippen LogP contribution is -2.22. The maximum absolute atomic E-state index is 10.8. The zero-order chi connectivity index (χ0) is 15.9. The molecule has 0 saturated carbocycles. The molecule has 0 fully saturated rings. The normalized spacial score (nSPS) is 10.3. The standard InChI is InChI=1S/C15H20N4O3/c1-10(20)16-7-6-14-17-15(19-18-14)9-11-4-5-12(21-2)13(8-11)22-3/h4-5,8H,6-7,9H2,1-3H3,(H,16,20)(H,17,18,19). The van der Waals surface area contributed by atoms with E-state index in [4.69, 9.17) is 9.47 Å². The number of H-pyrrole nitrogens is 1. The van der Waals surface area contributed by atoms with Crippen LogP contribution in [0.2, 0.25) is 0 Å². The zero-order valence-electron chi connectivity index (χ0n) is 13.0. The van der Waals surface area contributed by atoms with E-state index < -0.39 is 0 Å². The van der Waals surface area contributed by atoms with Gasteiger partial charge in [-0.25, -0.2) is 4.98 Å². The number of benzene rings is 1. The molecule has 1 aromatic heterocycles. The maximum Gasteiger partial charge on any atom is 0.216 e. The SMILES string of the molecule is COc1ccc(Cc2nc(CCNC(C)=O)n[nH]2)cc1OC. The Labute approximate surface area is 129 Å². The van der Waals surface area contributed by atoms with Crippen molar-refractivity contribution in [2.24, 2.45) is 0 Å². The highest BCUT2D eigenvalue weighted by Crippen LogP contribution is 2.28. The van der Waals surface area contributed by atoms with E-state index >= 15 is 0 Å². The summed E-state index contributed by atoms with van der Waals surface area (Å²) < 4.78 is 10.5. The first-order valence-corrected chi connectivity index (χ1v) is 6.98. The molecule has 2 N–H and O–H groups in total. The third-order valence-corrected chi connectivity index (χ3v) is 3.12. The van der Waals surface area contributed by atoms with Gasteiger partial charge in [0.1, 0.15) is 5.82 Å². The summed E-state index contributed by atoms with van der Waals surface area (Å²) in [6.45, 7) is 2.02. The van der Waals surface area contributed by atoms with Crippen LogP contribution in [-0.2, 0) is 17.6 Å². The minimum absolute atomic E-state index is 0.0545. The highest BCUT2D eigenvalue weighted by Gasteiger charge is 2.08. The predicted molar refractivity (Wildman–Crippen MR) is 81.1 cm³/mol. The largest absolute Gasteiger partial charge is 0.493 e. The third-order valence-electron chi connectivity index (χ3n) is 3.12. The summed E-state index contributed by atoms with van der Waals surface area (Å²) in [5, 5.41) is 9.77. The van der Waals surface area contributed by atoms with Crippen LogP contribution in [0.1, 0.15) is 24.1 Å². The summed E-state index contributed by atoms with van der Waals surface area (Å²) in [5.41, 5.74) is 1.04. The van der Waals surface area contributed by atoms with Gasteiger partial charge in [0, 0.05) is 26.3 Å². The summed E-state index contributed by atoms with van der Waals surface area (Å²) in [4.78, 5) is 15.2. The van der Waals surface area contributed by atoms with E-state index in [1.54, 1.807) is 14.2 Å². The minimum atomic E-state index is -0.0545. The summed E-state index contributed by atoms with van der Waals surface area (Å²) in [6.07, 6.45) is 1.22. The van der Waals surface area contributed by atoms with Crippen molar-refractivity contribution in [3.8, 4) is 11.5 Å². The van der Waals surface area contributed by atoms with E-state index in [-0.39, 0.29) is 5.91 Å². The topological polar surface area (TPSA) is 89.1 Å². The highest BCUT2D eigenvalue weighted by molar-refractivity contribution is 5.72. The summed E-state index contributed by atoms with van der Waals surface area (Å²) in [5.74, 6) is 2.78. The van der Waals surface area contributed by atoms with Gasteiger partial charge in [0.2, 0.25) is 5.91 Å². The number of methoxy groups -OCH3 is 2. The minimum Gasteiger partial charge on any atom is -0.493 e. The molecule has 7 nitrogen and oxygen atoms in total. The molecule has 2 aromatic rings. The first-order chi connectivity index (χ1) is 10.6. The fourth-order valence-corrected chi connectivity index (χ4v) is 2.06. The average Bonchev–Trinajstić information content (AvgIpc) is 2.94. The quantitative estimate of drug-likeness (QED) is 0.799. The van der Waals surface area contributed by atoms with Gasteiger partial charge in [-0.3, -0.25) is 9.89 Å². The Bertz CT molecular complexity index is 639. The van der Waals surface area contributed by atoms with Gasteiger partial charge < -0.3 is 14.8 Å². The van der Waals surface area contributed by atoms with Crippen molar-refractivity contribution in [3.63, 3.8) is 0 Å². The Morgan fingerprint density at radius 3 is 2.73 bits per heavy atom. The van der Waals surface area contributed by atoms with E-state index in [1.807, 2.05) is 18.2 Å². The third kappa shape index (κ3) is 4.21. The molecule has 7 heteroatoms. The lowest BCUT2D eigenvalue weighted by Gasteiger charge is -2.08. The number of ether oxygens (including phenoxy) is 2. The number of nitrogens with zero attached hydrogens (tertiary/aromatic N) is 2. The van der Waals surface area contributed by atoms with Gasteiger partial charge in [0.05, 0.1) is 14.2 Å². The molecule has 118 valence electrons. The molecule has 1 heterocycles. The molecule has 1 amide bonds. The molecule has 0 radical (unpaired) electrons. The number of aromatic nitrogens is 3. The van der Waals surface area contributed by atoms with Crippen molar-refractivity contribution >= 4 is 5.91 Å². The van der Waals surface area contributed by atoms with Crippen LogP contribution in [0.3, 0.4) is 0 Å². The molecular formula is C15H20N4O3. The second-order valence-corrected chi connectivity index (χ2v) is 4.80. The number of hydrogen-bond donors (Lipinski definition) is 2. The van der Waals surface area contributed by atoms with Crippen molar-refractivity contribution in [2.75, 3.05) is 20.8 Å². The second kappa shape index (κ2) is 7.44. The monoisotopic (exact) mass is 304 g/mol. The van der Waals surface area contributed by atoms with Crippen molar-refractivity contribution in [3.05, 3.63) is 35.4 Å². The first-order valence-electron chi connectivity index (χ1n) is 6.98. The number of nitrogens with one attached hydrogen (secondary N) is 2. The van der Waals surface area contributed by atoms with E-state index in [1.165, 1.54) is 6.92 Å². The van der Waals surface area contributed by atoms with Gasteiger partial charge in [-0.1, -0.05) is 6.07 Å². The molecule has 0 aliphatic heterocycles. The molecule has 22 heavy (non-hydrogen) atoms. The first kappa shape index (κ1) is 15.8. The second-order valence-electron chi connectivity index (χ2n) is 4.80. The van der Waals surface area contributed by atoms with Crippen molar-refractivity contribution in [1.82, 2.24) is 20.5 Å².